The molecule has 0 radical (unpaired) electrons. The fourth-order valence-corrected chi connectivity index (χ4v) is 2.16. The van der Waals surface area contributed by atoms with Gasteiger partial charge in [-0.25, -0.2) is 9.59 Å². The molecule has 0 aromatic carbocycles. The van der Waals surface area contributed by atoms with Gasteiger partial charge in [-0.15, -0.1) is 0 Å². The summed E-state index contributed by atoms with van der Waals surface area (Å²) in [7, 11) is 0. The molecule has 2 N–H and O–H groups in total. The van der Waals surface area contributed by atoms with E-state index in [1.165, 1.54) is 4.90 Å². The first-order chi connectivity index (χ1) is 9.58. The zero-order valence-corrected chi connectivity index (χ0v) is 12.3. The van der Waals surface area contributed by atoms with Gasteiger partial charge in [0.25, 0.3) is 0 Å². The van der Waals surface area contributed by atoms with Gasteiger partial charge in [-0.3, -0.25) is 0 Å². The Labute approximate surface area is 119 Å². The van der Waals surface area contributed by atoms with Crippen LogP contribution in [0.15, 0.2) is 0 Å². The lowest BCUT2D eigenvalue weighted by atomic mass is 10.3. The minimum Gasteiger partial charge on any atom is -0.479 e. The van der Waals surface area contributed by atoms with Crippen LogP contribution in [0.4, 0.5) is 4.79 Å². The molecule has 0 spiro atoms. The van der Waals surface area contributed by atoms with Gasteiger partial charge in [0.1, 0.15) is 0 Å². The molecule has 7 nitrogen and oxygen atoms in total. The molecule has 7 heteroatoms. The van der Waals surface area contributed by atoms with E-state index in [0.29, 0.717) is 13.1 Å². The molecule has 0 aliphatic carbocycles. The first-order valence-electron chi connectivity index (χ1n) is 7.18. The molecule has 0 bridgehead atoms. The van der Waals surface area contributed by atoms with Crippen molar-refractivity contribution in [2.45, 2.75) is 26.4 Å². The number of urea groups is 1. The highest BCUT2D eigenvalue weighted by molar-refractivity contribution is 5.77. The van der Waals surface area contributed by atoms with E-state index in [0.717, 1.165) is 26.1 Å². The van der Waals surface area contributed by atoms with Crippen molar-refractivity contribution in [1.29, 1.82) is 0 Å². The SMILES string of the molecule is CCCN(CC)CCNC(=O)N1CCOC(C(=O)O)C1. The number of rotatable bonds is 7. The molecule has 1 unspecified atom stereocenters. The summed E-state index contributed by atoms with van der Waals surface area (Å²) >= 11 is 0. The number of hydrogen-bond donors (Lipinski definition) is 2. The lowest BCUT2D eigenvalue weighted by Gasteiger charge is -2.31. The zero-order valence-electron chi connectivity index (χ0n) is 12.3. The van der Waals surface area contributed by atoms with E-state index in [4.69, 9.17) is 9.84 Å². The molecule has 1 aliphatic rings. The van der Waals surface area contributed by atoms with Crippen LogP contribution in [0.25, 0.3) is 0 Å². The van der Waals surface area contributed by atoms with E-state index in [-0.39, 0.29) is 19.2 Å². The number of nitrogens with zero attached hydrogens (tertiary/aromatic N) is 2. The lowest BCUT2D eigenvalue weighted by Crippen LogP contribution is -2.52. The molecule has 1 atom stereocenters. The number of carboxylic acids is 1. The Kier molecular flexibility index (Phi) is 7.32. The zero-order chi connectivity index (χ0) is 15.0. The van der Waals surface area contributed by atoms with E-state index in [2.05, 4.69) is 24.1 Å². The van der Waals surface area contributed by atoms with Crippen molar-refractivity contribution in [3.8, 4) is 0 Å². The molecule has 0 aromatic rings. The Bertz CT molecular complexity index is 325. The molecule has 1 heterocycles. The summed E-state index contributed by atoms with van der Waals surface area (Å²) in [6, 6.07) is -0.216. The summed E-state index contributed by atoms with van der Waals surface area (Å²) in [5.41, 5.74) is 0. The Morgan fingerprint density at radius 2 is 2.15 bits per heavy atom. The summed E-state index contributed by atoms with van der Waals surface area (Å²) in [6.45, 7) is 8.38. The van der Waals surface area contributed by atoms with Gasteiger partial charge in [-0.1, -0.05) is 13.8 Å². The quantitative estimate of drug-likeness (QED) is 0.699. The highest BCUT2D eigenvalue weighted by Gasteiger charge is 2.28. The average Bonchev–Trinajstić information content (AvgIpc) is 2.46. The summed E-state index contributed by atoms with van der Waals surface area (Å²) in [4.78, 5) is 26.6. The second-order valence-corrected chi connectivity index (χ2v) is 4.81. The Morgan fingerprint density at radius 1 is 1.40 bits per heavy atom. The van der Waals surface area contributed by atoms with Crippen molar-refractivity contribution in [3.63, 3.8) is 0 Å². The fourth-order valence-electron chi connectivity index (χ4n) is 2.16. The van der Waals surface area contributed by atoms with Crippen LogP contribution in [0.1, 0.15) is 20.3 Å². The number of hydrogen-bond acceptors (Lipinski definition) is 4. The largest absolute Gasteiger partial charge is 0.479 e. The number of aliphatic carboxylic acids is 1. The van der Waals surface area contributed by atoms with Crippen LogP contribution < -0.4 is 5.32 Å². The van der Waals surface area contributed by atoms with Crippen LogP contribution in [0.3, 0.4) is 0 Å². The van der Waals surface area contributed by atoms with Gasteiger partial charge in [0.05, 0.1) is 13.2 Å². The second-order valence-electron chi connectivity index (χ2n) is 4.81. The number of carbonyl (C=O) groups excluding carboxylic acids is 1. The Balaban J connectivity index is 2.29. The number of carboxylic acid groups (broad SMARTS) is 1. The summed E-state index contributed by atoms with van der Waals surface area (Å²) in [6.07, 6.45) is 0.174. The number of nitrogens with one attached hydrogen (secondary N) is 1. The molecule has 1 saturated heterocycles. The minimum absolute atomic E-state index is 0.105. The molecule has 1 aliphatic heterocycles. The number of morpholine rings is 1. The smallest absolute Gasteiger partial charge is 0.334 e. The number of amides is 2. The van der Waals surface area contributed by atoms with Gasteiger partial charge in [-0.2, -0.15) is 0 Å². The van der Waals surface area contributed by atoms with Crippen LogP contribution in [0, 0.1) is 0 Å². The molecule has 1 rings (SSSR count). The van der Waals surface area contributed by atoms with E-state index >= 15 is 0 Å². The van der Waals surface area contributed by atoms with Gasteiger partial charge in [0.2, 0.25) is 0 Å². The third-order valence-corrected chi connectivity index (χ3v) is 3.32. The van der Waals surface area contributed by atoms with Crippen LogP contribution >= 0.6 is 0 Å². The lowest BCUT2D eigenvalue weighted by molar-refractivity contribution is -0.154. The normalized spacial score (nSPS) is 19.1. The van der Waals surface area contributed by atoms with Crippen molar-refractivity contribution >= 4 is 12.0 Å². The first kappa shape index (κ1) is 16.7. The average molecular weight is 287 g/mol. The molecular weight excluding hydrogens is 262 g/mol. The van der Waals surface area contributed by atoms with E-state index in [1.54, 1.807) is 0 Å². The third-order valence-electron chi connectivity index (χ3n) is 3.32. The highest BCUT2D eigenvalue weighted by Crippen LogP contribution is 2.05. The van der Waals surface area contributed by atoms with Gasteiger partial charge in [-0.05, 0) is 19.5 Å². The van der Waals surface area contributed by atoms with Crippen molar-refractivity contribution in [1.82, 2.24) is 15.1 Å². The van der Waals surface area contributed by atoms with Crippen LogP contribution in [0.2, 0.25) is 0 Å². The predicted octanol–water partition coefficient (Wildman–Crippen LogP) is 0.213. The Hall–Kier alpha value is -1.34. The molecule has 0 saturated carbocycles. The van der Waals surface area contributed by atoms with Crippen molar-refractivity contribution < 1.29 is 19.4 Å². The number of likely N-dealkylation sites (N-methyl/N-ethyl adjacent to an activating group) is 1. The monoisotopic (exact) mass is 287 g/mol. The summed E-state index contributed by atoms with van der Waals surface area (Å²) in [5.74, 6) is -1.03. The number of ether oxygens (including phenoxy) is 1. The van der Waals surface area contributed by atoms with Crippen LogP contribution in [-0.4, -0.2) is 78.9 Å². The molecule has 0 aromatic heterocycles. The third kappa shape index (κ3) is 5.34. The molecular formula is C13H25N3O4. The maximum absolute atomic E-state index is 11.9. The first-order valence-corrected chi connectivity index (χ1v) is 7.18. The highest BCUT2D eigenvalue weighted by atomic mass is 16.5. The van der Waals surface area contributed by atoms with Gasteiger partial charge in [0, 0.05) is 19.6 Å². The maximum atomic E-state index is 11.9. The van der Waals surface area contributed by atoms with Gasteiger partial charge < -0.3 is 25.0 Å². The van der Waals surface area contributed by atoms with Crippen LogP contribution in [-0.2, 0) is 9.53 Å². The minimum atomic E-state index is -1.03. The van der Waals surface area contributed by atoms with Crippen molar-refractivity contribution in [2.75, 3.05) is 45.9 Å². The maximum Gasteiger partial charge on any atom is 0.334 e. The standard InChI is InChI=1S/C13H25N3O4/c1-3-6-15(4-2)7-5-14-13(19)16-8-9-20-11(10-16)12(17)18/h11H,3-10H2,1-2H3,(H,14,19)(H,17,18). The van der Waals surface area contributed by atoms with E-state index in [9.17, 15) is 9.59 Å². The fraction of sp³-hybridized carbons (Fsp3) is 0.846. The molecule has 116 valence electrons. The molecule has 1 fully saturated rings. The van der Waals surface area contributed by atoms with E-state index < -0.39 is 12.1 Å². The summed E-state index contributed by atoms with van der Waals surface area (Å²) < 4.78 is 5.08. The van der Waals surface area contributed by atoms with Crippen molar-refractivity contribution in [2.24, 2.45) is 0 Å². The van der Waals surface area contributed by atoms with E-state index in [1.807, 2.05) is 0 Å². The van der Waals surface area contributed by atoms with Crippen LogP contribution in [0.5, 0.6) is 0 Å². The molecule has 20 heavy (non-hydrogen) atoms. The predicted molar refractivity (Wildman–Crippen MR) is 74.8 cm³/mol. The number of carbonyl (C=O) groups is 2. The van der Waals surface area contributed by atoms with Gasteiger partial charge >= 0.3 is 12.0 Å². The van der Waals surface area contributed by atoms with Gasteiger partial charge in [0.15, 0.2) is 6.10 Å². The second kappa shape index (κ2) is 8.76. The summed E-state index contributed by atoms with van der Waals surface area (Å²) in [5, 5.41) is 11.7. The van der Waals surface area contributed by atoms with Crippen molar-refractivity contribution in [3.05, 3.63) is 0 Å². The molecule has 2 amide bonds. The topological polar surface area (TPSA) is 82.1 Å². The Morgan fingerprint density at radius 3 is 2.75 bits per heavy atom.